The number of imidazole rings is 1. The molecule has 0 radical (unpaired) electrons. The van der Waals surface area contributed by atoms with E-state index in [0.717, 1.165) is 12.2 Å². The summed E-state index contributed by atoms with van der Waals surface area (Å²) in [6.07, 6.45) is 2.24. The Labute approximate surface area is 109 Å². The number of hydrogen-bond donors (Lipinski definition) is 2. The van der Waals surface area contributed by atoms with Crippen LogP contribution in [-0.4, -0.2) is 55.9 Å². The Morgan fingerprint density at radius 3 is 3.11 bits per heavy atom. The van der Waals surface area contributed by atoms with Gasteiger partial charge in [0.25, 0.3) is 5.91 Å². The summed E-state index contributed by atoms with van der Waals surface area (Å²) < 4.78 is 0. The minimum atomic E-state index is -1.16. The smallest absolute Gasteiger partial charge is 0.354 e. The van der Waals surface area contributed by atoms with Crippen molar-refractivity contribution >= 4 is 23.6 Å². The molecule has 98 valence electrons. The van der Waals surface area contributed by atoms with Crippen molar-refractivity contribution in [2.75, 3.05) is 18.8 Å². The van der Waals surface area contributed by atoms with E-state index in [1.807, 2.05) is 11.8 Å². The second-order valence-corrected chi connectivity index (χ2v) is 5.49. The molecule has 2 N–H and O–H groups in total. The number of aromatic carboxylic acids is 1. The average Bonchev–Trinajstić information content (AvgIpc) is 2.87. The summed E-state index contributed by atoms with van der Waals surface area (Å²) in [5.74, 6) is -0.571. The van der Waals surface area contributed by atoms with Crippen LogP contribution in [0.3, 0.4) is 0 Å². The molecule has 18 heavy (non-hydrogen) atoms. The highest BCUT2D eigenvalue weighted by Gasteiger charge is 2.28. The van der Waals surface area contributed by atoms with Gasteiger partial charge in [0.15, 0.2) is 11.4 Å². The van der Waals surface area contributed by atoms with Crippen LogP contribution in [-0.2, 0) is 0 Å². The van der Waals surface area contributed by atoms with Gasteiger partial charge in [-0.2, -0.15) is 11.8 Å². The molecule has 1 fully saturated rings. The topological polar surface area (TPSA) is 86.3 Å². The monoisotopic (exact) mass is 269 g/mol. The molecule has 0 saturated carbocycles. The van der Waals surface area contributed by atoms with Crippen LogP contribution in [0.1, 0.15) is 34.3 Å². The summed E-state index contributed by atoms with van der Waals surface area (Å²) >= 11 is 1.85. The van der Waals surface area contributed by atoms with Gasteiger partial charge in [-0.3, -0.25) is 4.79 Å². The number of aromatic amines is 1. The van der Waals surface area contributed by atoms with E-state index in [2.05, 4.69) is 16.9 Å². The number of carboxylic acid groups (broad SMARTS) is 1. The molecule has 7 heteroatoms. The standard InChI is InChI=1S/C11H15N3O3S/c1-2-7-5-14(3-4-18-7)10(15)8-9(11(16)17)13-6-12-8/h6-7H,2-5H2,1H3,(H,12,13)(H,16,17). The van der Waals surface area contributed by atoms with Crippen molar-refractivity contribution in [1.29, 1.82) is 0 Å². The largest absolute Gasteiger partial charge is 0.477 e. The molecule has 1 amide bonds. The minimum Gasteiger partial charge on any atom is -0.477 e. The Balaban J connectivity index is 2.15. The zero-order chi connectivity index (χ0) is 13.1. The van der Waals surface area contributed by atoms with Crippen LogP contribution < -0.4 is 0 Å². The quantitative estimate of drug-likeness (QED) is 0.857. The van der Waals surface area contributed by atoms with E-state index in [9.17, 15) is 9.59 Å². The van der Waals surface area contributed by atoms with Crippen LogP contribution in [0.2, 0.25) is 0 Å². The molecule has 1 aliphatic heterocycles. The number of nitrogens with zero attached hydrogens (tertiary/aromatic N) is 2. The van der Waals surface area contributed by atoms with Gasteiger partial charge in [-0.25, -0.2) is 9.78 Å². The van der Waals surface area contributed by atoms with Gasteiger partial charge in [-0.15, -0.1) is 0 Å². The summed E-state index contributed by atoms with van der Waals surface area (Å²) in [4.78, 5) is 31.2. The predicted molar refractivity (Wildman–Crippen MR) is 68.0 cm³/mol. The summed E-state index contributed by atoms with van der Waals surface area (Å²) in [6, 6.07) is 0. The highest BCUT2D eigenvalue weighted by atomic mass is 32.2. The van der Waals surface area contributed by atoms with Gasteiger partial charge in [0, 0.05) is 24.1 Å². The van der Waals surface area contributed by atoms with Gasteiger partial charge in [0.1, 0.15) is 0 Å². The van der Waals surface area contributed by atoms with E-state index in [0.29, 0.717) is 18.3 Å². The Bertz CT molecular complexity index is 460. The van der Waals surface area contributed by atoms with Crippen molar-refractivity contribution in [3.05, 3.63) is 17.7 Å². The molecule has 0 aliphatic carbocycles. The first kappa shape index (κ1) is 12.9. The maximum Gasteiger partial charge on any atom is 0.354 e. The van der Waals surface area contributed by atoms with E-state index in [4.69, 9.17) is 5.11 Å². The fourth-order valence-corrected chi connectivity index (χ4v) is 3.10. The molecule has 0 aromatic carbocycles. The first-order chi connectivity index (χ1) is 8.63. The molecule has 1 saturated heterocycles. The van der Waals surface area contributed by atoms with Crippen molar-refractivity contribution in [3.63, 3.8) is 0 Å². The lowest BCUT2D eigenvalue weighted by Crippen LogP contribution is -2.42. The predicted octanol–water partition coefficient (Wildman–Crippen LogP) is 1.08. The van der Waals surface area contributed by atoms with Crippen molar-refractivity contribution in [1.82, 2.24) is 14.9 Å². The number of carbonyl (C=O) groups excluding carboxylic acids is 1. The normalized spacial score (nSPS) is 19.8. The van der Waals surface area contributed by atoms with E-state index < -0.39 is 5.97 Å². The van der Waals surface area contributed by atoms with Gasteiger partial charge < -0.3 is 15.0 Å². The third kappa shape index (κ3) is 2.50. The van der Waals surface area contributed by atoms with Gasteiger partial charge in [0.2, 0.25) is 0 Å². The third-order valence-corrected chi connectivity index (χ3v) is 4.31. The highest BCUT2D eigenvalue weighted by molar-refractivity contribution is 8.00. The molecule has 1 atom stereocenters. The summed E-state index contributed by atoms with van der Waals surface area (Å²) in [5, 5.41) is 9.38. The Kier molecular flexibility index (Phi) is 3.90. The lowest BCUT2D eigenvalue weighted by molar-refractivity contribution is 0.0669. The second-order valence-electron chi connectivity index (χ2n) is 4.08. The molecule has 2 rings (SSSR count). The number of rotatable bonds is 3. The first-order valence-electron chi connectivity index (χ1n) is 5.81. The lowest BCUT2D eigenvalue weighted by atomic mass is 10.2. The Morgan fingerprint density at radius 1 is 1.67 bits per heavy atom. The second kappa shape index (κ2) is 5.43. The van der Waals surface area contributed by atoms with Gasteiger partial charge in [-0.1, -0.05) is 6.92 Å². The number of nitrogens with one attached hydrogen (secondary N) is 1. The Morgan fingerprint density at radius 2 is 2.44 bits per heavy atom. The number of thioether (sulfide) groups is 1. The molecular weight excluding hydrogens is 254 g/mol. The van der Waals surface area contributed by atoms with Gasteiger partial charge >= 0.3 is 5.97 Å². The minimum absolute atomic E-state index is 0.00394. The first-order valence-corrected chi connectivity index (χ1v) is 6.86. The number of amides is 1. The van der Waals surface area contributed by atoms with Crippen molar-refractivity contribution in [3.8, 4) is 0 Å². The molecule has 0 spiro atoms. The number of hydrogen-bond acceptors (Lipinski definition) is 4. The fourth-order valence-electron chi connectivity index (χ4n) is 1.92. The van der Waals surface area contributed by atoms with Crippen LogP contribution in [0.25, 0.3) is 0 Å². The lowest BCUT2D eigenvalue weighted by Gasteiger charge is -2.31. The fraction of sp³-hybridized carbons (Fsp3) is 0.545. The highest BCUT2D eigenvalue weighted by Crippen LogP contribution is 2.22. The maximum atomic E-state index is 12.2. The number of carbonyl (C=O) groups is 2. The third-order valence-electron chi connectivity index (χ3n) is 2.94. The van der Waals surface area contributed by atoms with Crippen molar-refractivity contribution < 1.29 is 14.7 Å². The SMILES string of the molecule is CCC1CN(C(=O)c2nc[nH]c2C(=O)O)CCS1. The van der Waals surface area contributed by atoms with Gasteiger partial charge in [-0.05, 0) is 6.42 Å². The van der Waals surface area contributed by atoms with Crippen molar-refractivity contribution in [2.24, 2.45) is 0 Å². The molecule has 2 heterocycles. The van der Waals surface area contributed by atoms with Crippen LogP contribution in [0, 0.1) is 0 Å². The number of aromatic nitrogens is 2. The summed E-state index contributed by atoms with van der Waals surface area (Å²) in [7, 11) is 0. The Hall–Kier alpha value is -1.50. The maximum absolute atomic E-state index is 12.2. The summed E-state index contributed by atoms with van der Waals surface area (Å²) in [5.41, 5.74) is -0.129. The van der Waals surface area contributed by atoms with Gasteiger partial charge in [0.05, 0.1) is 6.33 Å². The molecule has 1 aromatic rings. The number of H-pyrrole nitrogens is 1. The molecular formula is C11H15N3O3S. The average molecular weight is 269 g/mol. The molecule has 1 aliphatic rings. The van der Waals surface area contributed by atoms with E-state index in [1.54, 1.807) is 4.90 Å². The summed E-state index contributed by atoms with van der Waals surface area (Å²) in [6.45, 7) is 3.39. The molecule has 1 unspecified atom stereocenters. The van der Waals surface area contributed by atoms with Crippen LogP contribution in [0.4, 0.5) is 0 Å². The molecule has 1 aromatic heterocycles. The van der Waals surface area contributed by atoms with Crippen LogP contribution in [0.15, 0.2) is 6.33 Å². The molecule has 0 bridgehead atoms. The number of carboxylic acids is 1. The van der Waals surface area contributed by atoms with E-state index >= 15 is 0 Å². The zero-order valence-corrected chi connectivity index (χ0v) is 10.9. The molecule has 6 nitrogen and oxygen atoms in total. The van der Waals surface area contributed by atoms with E-state index in [-0.39, 0.29) is 17.3 Å². The van der Waals surface area contributed by atoms with Crippen LogP contribution >= 0.6 is 11.8 Å². The zero-order valence-electron chi connectivity index (χ0n) is 10.0. The van der Waals surface area contributed by atoms with Crippen molar-refractivity contribution in [2.45, 2.75) is 18.6 Å². The van der Waals surface area contributed by atoms with E-state index in [1.165, 1.54) is 6.33 Å². The van der Waals surface area contributed by atoms with Crippen LogP contribution in [0.5, 0.6) is 0 Å².